The maximum atomic E-state index is 5.55. The van der Waals surface area contributed by atoms with Gasteiger partial charge < -0.3 is 35.5 Å². The zero-order valence-electron chi connectivity index (χ0n) is 18.2. The van der Waals surface area contributed by atoms with Crippen LogP contribution in [-0.4, -0.2) is 74.7 Å². The number of benzene rings is 1. The Bertz CT molecular complexity index is 770. The molecule has 2 heterocycles. The second-order valence-corrected chi connectivity index (χ2v) is 7.12. The molecule has 0 saturated carbocycles. The molecule has 1 aliphatic heterocycles. The van der Waals surface area contributed by atoms with Crippen LogP contribution in [0.5, 0.6) is 5.75 Å². The molecule has 10 heteroatoms. The number of nitrogens with one attached hydrogen (secondary N) is 2. The Balaban J connectivity index is 1.54. The van der Waals surface area contributed by atoms with Gasteiger partial charge in [-0.15, -0.1) is 0 Å². The molecule has 1 saturated heterocycles. The molecular formula is C21H33N7O3. The van der Waals surface area contributed by atoms with Crippen LogP contribution in [0.4, 0.5) is 17.8 Å². The number of hydrogen-bond acceptors (Lipinski definition) is 10. The molecular weight excluding hydrogens is 398 g/mol. The van der Waals surface area contributed by atoms with E-state index in [1.807, 2.05) is 24.3 Å². The molecule has 0 aliphatic carbocycles. The number of nitrogens with zero attached hydrogens (tertiary/aromatic N) is 4. The molecule has 0 amide bonds. The first-order valence-electron chi connectivity index (χ1n) is 10.8. The number of anilines is 3. The predicted molar refractivity (Wildman–Crippen MR) is 121 cm³/mol. The molecule has 0 unspecified atom stereocenters. The zero-order valence-corrected chi connectivity index (χ0v) is 18.2. The quantitative estimate of drug-likeness (QED) is 0.380. The largest absolute Gasteiger partial charge is 0.497 e. The van der Waals surface area contributed by atoms with Gasteiger partial charge >= 0.3 is 0 Å². The van der Waals surface area contributed by atoms with Gasteiger partial charge in [-0.25, -0.2) is 0 Å². The van der Waals surface area contributed by atoms with E-state index in [4.69, 9.17) is 19.9 Å². The van der Waals surface area contributed by atoms with Crippen LogP contribution in [0.15, 0.2) is 24.3 Å². The lowest BCUT2D eigenvalue weighted by molar-refractivity contribution is 0.0547. The van der Waals surface area contributed by atoms with E-state index in [0.29, 0.717) is 63.9 Å². The Labute approximate surface area is 183 Å². The molecule has 170 valence electrons. The number of methoxy groups -OCH3 is 1. The summed E-state index contributed by atoms with van der Waals surface area (Å²) < 4.78 is 16.0. The molecule has 1 fully saturated rings. The van der Waals surface area contributed by atoms with E-state index in [9.17, 15) is 0 Å². The summed E-state index contributed by atoms with van der Waals surface area (Å²) in [6.45, 7) is 5.82. The first kappa shape index (κ1) is 23.0. The van der Waals surface area contributed by atoms with Crippen LogP contribution in [0.3, 0.4) is 0 Å². The Morgan fingerprint density at radius 2 is 1.58 bits per heavy atom. The lowest BCUT2D eigenvalue weighted by Gasteiger charge is -2.17. The van der Waals surface area contributed by atoms with Gasteiger partial charge in [0.05, 0.1) is 33.5 Å². The lowest BCUT2D eigenvalue weighted by atomic mass is 10.2. The first-order valence-corrected chi connectivity index (χ1v) is 10.8. The van der Waals surface area contributed by atoms with Crippen LogP contribution in [0.25, 0.3) is 0 Å². The number of ether oxygens (including phenoxy) is 3. The van der Waals surface area contributed by atoms with Crippen LogP contribution in [-0.2, 0) is 16.0 Å². The molecule has 0 spiro atoms. The van der Waals surface area contributed by atoms with Crippen molar-refractivity contribution in [1.82, 2.24) is 15.0 Å². The predicted octanol–water partition coefficient (Wildman–Crippen LogP) is 1.50. The van der Waals surface area contributed by atoms with Gasteiger partial charge in [-0.3, -0.25) is 0 Å². The topological polar surface area (TPSA) is 120 Å². The number of hydrogen-bond donors (Lipinski definition) is 3. The van der Waals surface area contributed by atoms with E-state index in [1.54, 1.807) is 7.11 Å². The van der Waals surface area contributed by atoms with Gasteiger partial charge in [0.15, 0.2) is 0 Å². The van der Waals surface area contributed by atoms with Crippen LogP contribution >= 0.6 is 0 Å². The minimum Gasteiger partial charge on any atom is -0.497 e. The van der Waals surface area contributed by atoms with Crippen molar-refractivity contribution < 1.29 is 14.2 Å². The number of rotatable bonds is 14. The van der Waals surface area contributed by atoms with Crippen molar-refractivity contribution in [1.29, 1.82) is 0 Å². The summed E-state index contributed by atoms with van der Waals surface area (Å²) >= 11 is 0. The first-order chi connectivity index (χ1) is 15.3. The third kappa shape index (κ3) is 7.82. The lowest BCUT2D eigenvalue weighted by Crippen LogP contribution is -2.23. The van der Waals surface area contributed by atoms with Crippen molar-refractivity contribution in [3.8, 4) is 5.75 Å². The van der Waals surface area contributed by atoms with Gasteiger partial charge in [-0.1, -0.05) is 12.1 Å². The van der Waals surface area contributed by atoms with Crippen molar-refractivity contribution in [2.24, 2.45) is 5.73 Å². The molecule has 1 aromatic heterocycles. The van der Waals surface area contributed by atoms with Crippen LogP contribution in [0.1, 0.15) is 18.4 Å². The fraction of sp³-hybridized carbons (Fsp3) is 0.571. The van der Waals surface area contributed by atoms with Gasteiger partial charge in [0.1, 0.15) is 5.75 Å². The van der Waals surface area contributed by atoms with Gasteiger partial charge in [0, 0.05) is 32.7 Å². The van der Waals surface area contributed by atoms with E-state index in [2.05, 4.69) is 30.5 Å². The van der Waals surface area contributed by atoms with E-state index in [0.717, 1.165) is 37.2 Å². The van der Waals surface area contributed by atoms with Crippen LogP contribution in [0, 0.1) is 0 Å². The molecule has 3 rings (SSSR count). The maximum absolute atomic E-state index is 5.55. The minimum atomic E-state index is 0.523. The highest BCUT2D eigenvalue weighted by molar-refractivity contribution is 5.44. The van der Waals surface area contributed by atoms with Gasteiger partial charge in [-0.05, 0) is 30.5 Å². The summed E-state index contributed by atoms with van der Waals surface area (Å²) in [4.78, 5) is 15.9. The SMILES string of the molecule is COc1ccc(CNc2nc(NCCOCCOCCN)nc(N3CCCC3)n2)cc1. The third-order valence-electron chi connectivity index (χ3n) is 4.79. The Hall–Kier alpha value is -2.69. The number of nitrogens with two attached hydrogens (primary N) is 1. The second kappa shape index (κ2) is 12.9. The summed E-state index contributed by atoms with van der Waals surface area (Å²) in [6, 6.07) is 7.91. The van der Waals surface area contributed by atoms with Gasteiger partial charge in [0.2, 0.25) is 17.8 Å². The Morgan fingerprint density at radius 3 is 2.26 bits per heavy atom. The van der Waals surface area contributed by atoms with Gasteiger partial charge in [-0.2, -0.15) is 15.0 Å². The van der Waals surface area contributed by atoms with Crippen LogP contribution in [0.2, 0.25) is 0 Å². The van der Waals surface area contributed by atoms with Crippen molar-refractivity contribution in [2.45, 2.75) is 19.4 Å². The number of aromatic nitrogens is 3. The molecule has 1 aliphatic rings. The summed E-state index contributed by atoms with van der Waals surface area (Å²) in [5.41, 5.74) is 6.50. The van der Waals surface area contributed by atoms with Gasteiger partial charge in [0.25, 0.3) is 0 Å². The smallest absolute Gasteiger partial charge is 0.231 e. The highest BCUT2D eigenvalue weighted by Gasteiger charge is 2.17. The van der Waals surface area contributed by atoms with Crippen molar-refractivity contribution in [2.75, 3.05) is 75.2 Å². The van der Waals surface area contributed by atoms with E-state index in [-0.39, 0.29) is 0 Å². The zero-order chi connectivity index (χ0) is 21.7. The molecule has 0 bridgehead atoms. The standard InChI is InChI=1S/C21H33N7O3/c1-29-18-6-4-17(5-7-18)16-24-20-25-19(23-9-13-31-15-14-30-12-8-22)26-21(27-20)28-10-2-3-11-28/h4-7H,2-3,8-16,22H2,1H3,(H2,23,24,25,26,27). The second-order valence-electron chi connectivity index (χ2n) is 7.12. The average molecular weight is 432 g/mol. The molecule has 2 aromatic rings. The van der Waals surface area contributed by atoms with E-state index >= 15 is 0 Å². The Kier molecular flexibility index (Phi) is 9.55. The third-order valence-corrected chi connectivity index (χ3v) is 4.79. The van der Waals surface area contributed by atoms with E-state index in [1.165, 1.54) is 0 Å². The molecule has 0 atom stereocenters. The normalized spacial score (nSPS) is 13.4. The molecule has 31 heavy (non-hydrogen) atoms. The fourth-order valence-electron chi connectivity index (χ4n) is 3.15. The summed E-state index contributed by atoms with van der Waals surface area (Å²) in [5, 5.41) is 6.54. The maximum Gasteiger partial charge on any atom is 0.231 e. The molecule has 4 N–H and O–H groups in total. The van der Waals surface area contributed by atoms with Crippen molar-refractivity contribution in [3.05, 3.63) is 29.8 Å². The Morgan fingerprint density at radius 1 is 0.903 bits per heavy atom. The monoisotopic (exact) mass is 431 g/mol. The van der Waals surface area contributed by atoms with Crippen LogP contribution < -0.4 is 26.0 Å². The average Bonchev–Trinajstić information content (AvgIpc) is 3.35. The highest BCUT2D eigenvalue weighted by atomic mass is 16.5. The van der Waals surface area contributed by atoms with E-state index < -0.39 is 0 Å². The molecule has 0 radical (unpaired) electrons. The van der Waals surface area contributed by atoms with Crippen molar-refractivity contribution in [3.63, 3.8) is 0 Å². The fourth-order valence-corrected chi connectivity index (χ4v) is 3.15. The summed E-state index contributed by atoms with van der Waals surface area (Å²) in [7, 11) is 1.66. The summed E-state index contributed by atoms with van der Waals surface area (Å²) in [6.07, 6.45) is 2.31. The summed E-state index contributed by atoms with van der Waals surface area (Å²) in [5.74, 6) is 2.62. The molecule has 1 aromatic carbocycles. The molecule has 10 nitrogen and oxygen atoms in total. The minimum absolute atomic E-state index is 0.523. The van der Waals surface area contributed by atoms with Crippen molar-refractivity contribution >= 4 is 17.8 Å². The highest BCUT2D eigenvalue weighted by Crippen LogP contribution is 2.19.